The number of ether oxygens (including phenoxy) is 1. The Bertz CT molecular complexity index is 336. The highest BCUT2D eigenvalue weighted by molar-refractivity contribution is 5.69. The molecule has 5 heteroatoms. The highest BCUT2D eigenvalue weighted by Crippen LogP contribution is 2.22. The zero-order valence-corrected chi connectivity index (χ0v) is 13.5. The molecule has 2 aliphatic heterocycles. The maximum absolute atomic E-state index is 12.3. The van der Waals surface area contributed by atoms with Gasteiger partial charge >= 0.3 is 6.09 Å². The lowest BCUT2D eigenvalue weighted by molar-refractivity contribution is -0.0210. The van der Waals surface area contributed by atoms with Gasteiger partial charge in [-0.3, -0.25) is 4.90 Å². The molecule has 2 aliphatic rings. The largest absolute Gasteiger partial charge is 0.444 e. The summed E-state index contributed by atoms with van der Waals surface area (Å²) in [5, 5.41) is 3.42. The van der Waals surface area contributed by atoms with Crippen LogP contribution < -0.4 is 5.32 Å². The summed E-state index contributed by atoms with van der Waals surface area (Å²) >= 11 is 0. The van der Waals surface area contributed by atoms with Crippen molar-refractivity contribution < 1.29 is 9.53 Å². The summed E-state index contributed by atoms with van der Waals surface area (Å²) in [6, 6.07) is 1.03. The van der Waals surface area contributed by atoms with E-state index in [1.807, 2.05) is 25.7 Å². The summed E-state index contributed by atoms with van der Waals surface area (Å²) in [5.74, 6) is 0. The van der Waals surface area contributed by atoms with Crippen molar-refractivity contribution in [1.82, 2.24) is 15.1 Å². The van der Waals surface area contributed by atoms with Crippen molar-refractivity contribution in [2.45, 2.75) is 64.8 Å². The molecule has 0 aromatic heterocycles. The van der Waals surface area contributed by atoms with Crippen LogP contribution in [0.3, 0.4) is 0 Å². The number of nitrogens with zero attached hydrogens (tertiary/aromatic N) is 2. The van der Waals surface area contributed by atoms with Crippen molar-refractivity contribution in [3.05, 3.63) is 0 Å². The summed E-state index contributed by atoms with van der Waals surface area (Å²) in [5.41, 5.74) is -0.428. The van der Waals surface area contributed by atoms with Crippen LogP contribution in [-0.2, 0) is 4.74 Å². The first-order valence-electron chi connectivity index (χ1n) is 7.74. The zero-order chi connectivity index (χ0) is 14.9. The lowest BCUT2D eigenvalue weighted by Crippen LogP contribution is -2.61. The van der Waals surface area contributed by atoms with Gasteiger partial charge in [0.25, 0.3) is 0 Å². The molecule has 0 aliphatic carbocycles. The van der Waals surface area contributed by atoms with E-state index in [9.17, 15) is 4.79 Å². The topological polar surface area (TPSA) is 44.8 Å². The Hall–Kier alpha value is -0.810. The molecule has 0 aromatic rings. The molecule has 0 radical (unpaired) electrons. The minimum Gasteiger partial charge on any atom is -0.444 e. The second kappa shape index (κ2) is 5.90. The SMILES string of the molecule is CC1CN([C@@H]2CCNC2)C[C@H](C)N1C(=O)OC(C)(C)C. The number of rotatable bonds is 1. The molecule has 1 N–H and O–H groups in total. The average molecular weight is 283 g/mol. The van der Waals surface area contributed by atoms with Crippen LogP contribution in [0.15, 0.2) is 0 Å². The third-order valence-electron chi connectivity index (χ3n) is 4.10. The molecule has 2 fully saturated rings. The van der Waals surface area contributed by atoms with Crippen molar-refractivity contribution in [3.8, 4) is 0 Å². The lowest BCUT2D eigenvalue weighted by atomic mass is 10.1. The minimum atomic E-state index is -0.428. The molecule has 20 heavy (non-hydrogen) atoms. The Morgan fingerprint density at radius 3 is 2.25 bits per heavy atom. The van der Waals surface area contributed by atoms with Crippen molar-refractivity contribution >= 4 is 6.09 Å². The maximum Gasteiger partial charge on any atom is 0.410 e. The highest BCUT2D eigenvalue weighted by atomic mass is 16.6. The van der Waals surface area contributed by atoms with Gasteiger partial charge in [-0.15, -0.1) is 0 Å². The normalized spacial score (nSPS) is 32.5. The molecule has 5 nitrogen and oxygen atoms in total. The average Bonchev–Trinajstić information content (AvgIpc) is 2.78. The molecule has 1 amide bonds. The highest BCUT2D eigenvalue weighted by Gasteiger charge is 2.38. The second-order valence-corrected chi connectivity index (χ2v) is 7.19. The van der Waals surface area contributed by atoms with Gasteiger partial charge in [0, 0.05) is 37.8 Å². The molecular formula is C15H29N3O2. The van der Waals surface area contributed by atoms with E-state index in [2.05, 4.69) is 24.1 Å². The number of piperazine rings is 1. The Balaban J connectivity index is 1.97. The number of carbonyl (C=O) groups excluding carboxylic acids is 1. The minimum absolute atomic E-state index is 0.179. The maximum atomic E-state index is 12.3. The molecule has 2 heterocycles. The first-order valence-corrected chi connectivity index (χ1v) is 7.74. The van der Waals surface area contributed by atoms with Gasteiger partial charge in [0.1, 0.15) is 5.60 Å². The van der Waals surface area contributed by atoms with Crippen LogP contribution in [-0.4, -0.2) is 65.8 Å². The summed E-state index contributed by atoms with van der Waals surface area (Å²) in [7, 11) is 0. The third-order valence-corrected chi connectivity index (χ3v) is 4.10. The predicted molar refractivity (Wildman–Crippen MR) is 79.8 cm³/mol. The fraction of sp³-hybridized carbons (Fsp3) is 0.933. The van der Waals surface area contributed by atoms with Crippen molar-refractivity contribution in [2.24, 2.45) is 0 Å². The van der Waals surface area contributed by atoms with Gasteiger partial charge in [0.15, 0.2) is 0 Å². The molecule has 0 saturated carbocycles. The molecule has 116 valence electrons. The number of amides is 1. The number of carbonyl (C=O) groups is 1. The van der Waals surface area contributed by atoms with Crippen LogP contribution >= 0.6 is 0 Å². The van der Waals surface area contributed by atoms with Crippen molar-refractivity contribution in [1.29, 1.82) is 0 Å². The summed E-state index contributed by atoms with van der Waals surface area (Å²) in [4.78, 5) is 16.8. The molecule has 2 rings (SSSR count). The van der Waals surface area contributed by atoms with E-state index in [0.717, 1.165) is 26.2 Å². The lowest BCUT2D eigenvalue weighted by Gasteiger charge is -2.46. The van der Waals surface area contributed by atoms with Crippen LogP contribution in [0.2, 0.25) is 0 Å². The fourth-order valence-corrected chi connectivity index (χ4v) is 3.29. The van der Waals surface area contributed by atoms with Gasteiger partial charge in [0.05, 0.1) is 0 Å². The van der Waals surface area contributed by atoms with Gasteiger partial charge < -0.3 is 15.0 Å². The van der Waals surface area contributed by atoms with Gasteiger partial charge in [0.2, 0.25) is 0 Å². The van der Waals surface area contributed by atoms with Crippen LogP contribution in [0, 0.1) is 0 Å². The molecular weight excluding hydrogens is 254 g/mol. The molecule has 0 aromatic carbocycles. The number of hydrogen-bond donors (Lipinski definition) is 1. The standard InChI is InChI=1S/C15H29N3O2/c1-11-9-17(13-6-7-16-8-13)10-12(2)18(11)14(19)20-15(3,4)5/h11-13,16H,6-10H2,1-5H3/t11-,12?,13+/m0/s1. The van der Waals surface area contributed by atoms with Gasteiger partial charge in [-0.1, -0.05) is 0 Å². The molecule has 1 unspecified atom stereocenters. The van der Waals surface area contributed by atoms with Crippen LogP contribution in [0.25, 0.3) is 0 Å². The molecule has 0 spiro atoms. The monoisotopic (exact) mass is 283 g/mol. The van der Waals surface area contributed by atoms with Crippen LogP contribution in [0.5, 0.6) is 0 Å². The summed E-state index contributed by atoms with van der Waals surface area (Å²) < 4.78 is 5.53. The molecule has 2 saturated heterocycles. The summed E-state index contributed by atoms with van der Waals surface area (Å²) in [6.07, 6.45) is 1.04. The first-order chi connectivity index (χ1) is 9.28. The molecule has 0 bridgehead atoms. The van der Waals surface area contributed by atoms with E-state index in [0.29, 0.717) is 6.04 Å². The van der Waals surface area contributed by atoms with Crippen molar-refractivity contribution in [3.63, 3.8) is 0 Å². The Morgan fingerprint density at radius 1 is 1.20 bits per heavy atom. The first kappa shape index (κ1) is 15.6. The van der Waals surface area contributed by atoms with E-state index in [4.69, 9.17) is 4.74 Å². The van der Waals surface area contributed by atoms with E-state index >= 15 is 0 Å². The predicted octanol–water partition coefficient (Wildman–Crippen LogP) is 1.68. The Morgan fingerprint density at radius 2 is 1.80 bits per heavy atom. The Labute approximate surface area is 122 Å². The van der Waals surface area contributed by atoms with Crippen LogP contribution in [0.4, 0.5) is 4.79 Å². The van der Waals surface area contributed by atoms with E-state index < -0.39 is 5.60 Å². The Kier molecular flexibility index (Phi) is 4.59. The van der Waals surface area contributed by atoms with Crippen LogP contribution in [0.1, 0.15) is 41.0 Å². The zero-order valence-electron chi connectivity index (χ0n) is 13.5. The smallest absolute Gasteiger partial charge is 0.410 e. The fourth-order valence-electron chi connectivity index (χ4n) is 3.29. The third kappa shape index (κ3) is 3.64. The number of nitrogens with one attached hydrogen (secondary N) is 1. The van der Waals surface area contributed by atoms with Crippen molar-refractivity contribution in [2.75, 3.05) is 26.2 Å². The molecule has 3 atom stereocenters. The van der Waals surface area contributed by atoms with E-state index in [1.165, 1.54) is 6.42 Å². The van der Waals surface area contributed by atoms with E-state index in [-0.39, 0.29) is 18.2 Å². The second-order valence-electron chi connectivity index (χ2n) is 7.19. The quantitative estimate of drug-likeness (QED) is 0.795. The van der Waals surface area contributed by atoms with Gasteiger partial charge in [-0.25, -0.2) is 4.79 Å². The van der Waals surface area contributed by atoms with Gasteiger partial charge in [-0.05, 0) is 47.6 Å². The van der Waals surface area contributed by atoms with E-state index in [1.54, 1.807) is 0 Å². The van der Waals surface area contributed by atoms with Gasteiger partial charge in [-0.2, -0.15) is 0 Å². The summed E-state index contributed by atoms with van der Waals surface area (Å²) in [6.45, 7) is 14.1. The number of hydrogen-bond acceptors (Lipinski definition) is 4.